The van der Waals surface area contributed by atoms with Gasteiger partial charge in [0.15, 0.2) is 6.29 Å². The number of piperidine rings is 1. The van der Waals surface area contributed by atoms with E-state index in [0.717, 1.165) is 12.3 Å². The van der Waals surface area contributed by atoms with Gasteiger partial charge in [-0.15, -0.1) is 0 Å². The topological polar surface area (TPSA) is 69.1 Å². The van der Waals surface area contributed by atoms with Crippen LogP contribution in [0.25, 0.3) is 0 Å². The van der Waals surface area contributed by atoms with Gasteiger partial charge in [0.25, 0.3) is 0 Å². The number of nitrogens with one attached hydrogen (secondary N) is 2. The number of methoxy groups -OCH3 is 1. The predicted molar refractivity (Wildman–Crippen MR) is 128 cm³/mol. The maximum Gasteiger partial charge on any atom is 0.212 e. The molecule has 178 valence electrons. The van der Waals surface area contributed by atoms with E-state index in [9.17, 15) is 5.11 Å². The second kappa shape index (κ2) is 7.43. The number of aliphatic hydroxyl groups is 1. The molecule has 1 saturated heterocycles. The Hall–Kier alpha value is -1.63. The first-order chi connectivity index (χ1) is 16.1. The van der Waals surface area contributed by atoms with Crippen LogP contribution in [0, 0.1) is 22.7 Å². The normalized spacial score (nSPS) is 45.9. The number of nitrogens with zero attached hydrogens (tertiary/aromatic N) is 2. The first-order valence-electron chi connectivity index (χ1n) is 13.3. The van der Waals surface area contributed by atoms with Gasteiger partial charge in [0.1, 0.15) is 0 Å². The fraction of sp³-hybridized carbons (Fsp3) is 0.741. The van der Waals surface area contributed by atoms with Gasteiger partial charge in [0.05, 0.1) is 13.2 Å². The van der Waals surface area contributed by atoms with Crippen LogP contribution < -0.4 is 10.6 Å². The lowest BCUT2D eigenvalue weighted by Crippen LogP contribution is -2.68. The van der Waals surface area contributed by atoms with Crippen LogP contribution in [-0.2, 0) is 4.74 Å². The van der Waals surface area contributed by atoms with Gasteiger partial charge in [-0.1, -0.05) is 17.7 Å². The quantitative estimate of drug-likeness (QED) is 0.614. The smallest absolute Gasteiger partial charge is 0.212 e. The number of allylic oxidation sites excluding steroid dienone is 1. The fourth-order valence-electron chi connectivity index (χ4n) is 9.13. The molecular weight excluding hydrogens is 412 g/mol. The molecule has 0 aromatic carbocycles. The monoisotopic (exact) mass is 450 g/mol. The van der Waals surface area contributed by atoms with E-state index in [2.05, 4.69) is 21.6 Å². The Morgan fingerprint density at radius 2 is 2.06 bits per heavy atom. The second-order valence-electron chi connectivity index (χ2n) is 11.7. The Morgan fingerprint density at radius 3 is 2.91 bits per heavy atom. The second-order valence-corrected chi connectivity index (χ2v) is 11.7. The SMILES string of the molecule is COC1=NC(NC2CCC34CCC2C32CCN(CC3CC3)C4CC3=C2CC(O)C=C3)NC=C1. The molecule has 0 spiro atoms. The average Bonchev–Trinajstić information content (AvgIpc) is 3.60. The number of likely N-dealkylation sites (tertiary alicyclic amines) is 1. The molecule has 3 saturated carbocycles. The van der Waals surface area contributed by atoms with Crippen molar-refractivity contribution in [2.45, 2.75) is 82.3 Å². The number of aliphatic hydroxyl groups excluding tert-OH is 1. The molecule has 3 N–H and O–H groups in total. The maximum atomic E-state index is 10.7. The summed E-state index contributed by atoms with van der Waals surface area (Å²) in [6.45, 7) is 2.55. The van der Waals surface area contributed by atoms with Crippen LogP contribution in [0.2, 0.25) is 0 Å². The van der Waals surface area contributed by atoms with E-state index in [1.807, 2.05) is 18.4 Å². The summed E-state index contributed by atoms with van der Waals surface area (Å²) in [5, 5.41) is 18.0. The molecule has 2 heterocycles. The molecule has 7 rings (SSSR count). The molecule has 6 nitrogen and oxygen atoms in total. The van der Waals surface area contributed by atoms with Crippen LogP contribution in [0.5, 0.6) is 0 Å². The van der Waals surface area contributed by atoms with Crippen molar-refractivity contribution >= 4 is 5.90 Å². The molecule has 6 heteroatoms. The van der Waals surface area contributed by atoms with Crippen LogP contribution in [0.4, 0.5) is 0 Å². The number of rotatable bonds is 4. The van der Waals surface area contributed by atoms with Gasteiger partial charge in [-0.2, -0.15) is 0 Å². The van der Waals surface area contributed by atoms with Crippen LogP contribution in [-0.4, -0.2) is 60.6 Å². The molecule has 0 radical (unpaired) electrons. The first kappa shape index (κ1) is 20.7. The highest BCUT2D eigenvalue weighted by molar-refractivity contribution is 5.88. The van der Waals surface area contributed by atoms with Gasteiger partial charge >= 0.3 is 0 Å². The third-order valence-electron chi connectivity index (χ3n) is 10.5. The largest absolute Gasteiger partial charge is 0.481 e. The Balaban J connectivity index is 1.26. The van der Waals surface area contributed by atoms with Gasteiger partial charge < -0.3 is 15.2 Å². The minimum atomic E-state index is -0.317. The molecule has 4 fully saturated rings. The lowest BCUT2D eigenvalue weighted by Gasteiger charge is -2.67. The van der Waals surface area contributed by atoms with Gasteiger partial charge in [-0.05, 0) is 87.2 Å². The summed E-state index contributed by atoms with van der Waals surface area (Å²) in [6, 6.07) is 1.13. The molecule has 7 atom stereocenters. The molecule has 4 bridgehead atoms. The third-order valence-corrected chi connectivity index (χ3v) is 10.5. The minimum Gasteiger partial charge on any atom is -0.481 e. The molecule has 5 aliphatic carbocycles. The van der Waals surface area contributed by atoms with Crippen molar-refractivity contribution in [3.63, 3.8) is 0 Å². The Morgan fingerprint density at radius 1 is 1.18 bits per heavy atom. The van der Waals surface area contributed by atoms with Crippen molar-refractivity contribution in [1.82, 2.24) is 15.5 Å². The summed E-state index contributed by atoms with van der Waals surface area (Å²) >= 11 is 0. The van der Waals surface area contributed by atoms with Crippen LogP contribution in [0.3, 0.4) is 0 Å². The summed E-state index contributed by atoms with van der Waals surface area (Å²) in [7, 11) is 1.68. The van der Waals surface area contributed by atoms with Crippen LogP contribution >= 0.6 is 0 Å². The fourth-order valence-corrected chi connectivity index (χ4v) is 9.13. The van der Waals surface area contributed by atoms with E-state index in [1.54, 1.807) is 18.3 Å². The number of aliphatic imine (C=N–C) groups is 1. The van der Waals surface area contributed by atoms with Crippen molar-refractivity contribution < 1.29 is 9.84 Å². The van der Waals surface area contributed by atoms with Crippen molar-refractivity contribution in [2.75, 3.05) is 20.2 Å². The van der Waals surface area contributed by atoms with Crippen molar-refractivity contribution in [3.8, 4) is 0 Å². The standard InChI is InChI=1S/C27H38N4O2/c1-33-24-8-12-28-25(30-24)29-22-7-10-26-9-6-20(22)27(26)11-13-31(16-17-2-3-17)23(26)14-18-4-5-19(32)15-21(18)27/h4-5,8,12,17,19-20,22-23,25,28-29,32H,2-3,6-7,9-11,13-16H2,1H3. The molecule has 2 aliphatic heterocycles. The number of hydrogen-bond donors (Lipinski definition) is 3. The van der Waals surface area contributed by atoms with Gasteiger partial charge in [-0.3, -0.25) is 10.2 Å². The number of ether oxygens (including phenoxy) is 1. The van der Waals surface area contributed by atoms with Gasteiger partial charge in [-0.25, -0.2) is 4.99 Å². The highest BCUT2D eigenvalue weighted by Crippen LogP contribution is 2.75. The molecule has 0 aromatic rings. The zero-order chi connectivity index (χ0) is 22.2. The highest BCUT2D eigenvalue weighted by atomic mass is 16.5. The molecule has 7 unspecified atom stereocenters. The summed E-state index contributed by atoms with van der Waals surface area (Å²) < 4.78 is 5.39. The molecule has 0 aromatic heterocycles. The molecule has 0 amide bonds. The van der Waals surface area contributed by atoms with E-state index in [-0.39, 0.29) is 17.8 Å². The molecule has 33 heavy (non-hydrogen) atoms. The zero-order valence-electron chi connectivity index (χ0n) is 19.8. The van der Waals surface area contributed by atoms with Gasteiger partial charge in [0.2, 0.25) is 5.90 Å². The van der Waals surface area contributed by atoms with Crippen LogP contribution in [0.1, 0.15) is 57.8 Å². The van der Waals surface area contributed by atoms with Crippen molar-refractivity contribution in [1.29, 1.82) is 0 Å². The summed E-state index contributed by atoms with van der Waals surface area (Å²) in [4.78, 5) is 7.63. The lowest BCUT2D eigenvalue weighted by atomic mass is 9.42. The lowest BCUT2D eigenvalue weighted by molar-refractivity contribution is -0.125. The van der Waals surface area contributed by atoms with Crippen molar-refractivity contribution in [3.05, 3.63) is 35.6 Å². The Labute approximate surface area is 197 Å². The summed E-state index contributed by atoms with van der Waals surface area (Å²) in [6.07, 6.45) is 19.1. The van der Waals surface area contributed by atoms with E-state index >= 15 is 0 Å². The van der Waals surface area contributed by atoms with E-state index < -0.39 is 0 Å². The molecular formula is C27H38N4O2. The molecule has 7 aliphatic rings. The average molecular weight is 451 g/mol. The van der Waals surface area contributed by atoms with Crippen molar-refractivity contribution in [2.24, 2.45) is 27.7 Å². The highest BCUT2D eigenvalue weighted by Gasteiger charge is 2.71. The Bertz CT molecular complexity index is 952. The van der Waals surface area contributed by atoms with E-state index in [1.165, 1.54) is 64.5 Å². The van der Waals surface area contributed by atoms with Gasteiger partial charge in [0, 0.05) is 36.3 Å². The first-order valence-corrected chi connectivity index (χ1v) is 13.3. The third kappa shape index (κ3) is 2.93. The predicted octanol–water partition coefficient (Wildman–Crippen LogP) is 3.07. The van der Waals surface area contributed by atoms with Crippen LogP contribution in [0.15, 0.2) is 40.6 Å². The summed E-state index contributed by atoms with van der Waals surface area (Å²) in [5.41, 5.74) is 3.83. The summed E-state index contributed by atoms with van der Waals surface area (Å²) in [5.74, 6) is 2.24. The number of hydrogen-bond acceptors (Lipinski definition) is 6. The zero-order valence-corrected chi connectivity index (χ0v) is 19.8. The van der Waals surface area contributed by atoms with E-state index in [0.29, 0.717) is 29.3 Å². The minimum absolute atomic E-state index is 0.126. The van der Waals surface area contributed by atoms with E-state index in [4.69, 9.17) is 9.73 Å². The maximum absolute atomic E-state index is 10.7. The Kier molecular flexibility index (Phi) is 4.67.